The number of nitrogens with zero attached hydrogens (tertiary/aromatic N) is 1. The molecule has 0 saturated carbocycles. The Bertz CT molecular complexity index is 833. The zero-order chi connectivity index (χ0) is 17.8. The van der Waals surface area contributed by atoms with Gasteiger partial charge in [-0.1, -0.05) is 24.3 Å². The summed E-state index contributed by atoms with van der Waals surface area (Å²) in [6.07, 6.45) is 1.68. The maximum Gasteiger partial charge on any atom is 0.293 e. The predicted molar refractivity (Wildman–Crippen MR) is 95.5 cm³/mol. The largest absolute Gasteiger partial charge is 0.494 e. The fourth-order valence-corrected chi connectivity index (χ4v) is 3.26. The molecule has 1 fully saturated rings. The number of halogens is 1. The van der Waals surface area contributed by atoms with Gasteiger partial charge in [-0.25, -0.2) is 4.39 Å². The zero-order valence-electron chi connectivity index (χ0n) is 13.6. The highest BCUT2D eigenvalue weighted by atomic mass is 32.2. The maximum absolute atomic E-state index is 13.0. The predicted octanol–water partition coefficient (Wildman–Crippen LogP) is 4.46. The van der Waals surface area contributed by atoms with E-state index in [1.54, 1.807) is 18.2 Å². The van der Waals surface area contributed by atoms with Gasteiger partial charge >= 0.3 is 0 Å². The van der Waals surface area contributed by atoms with Gasteiger partial charge in [0.15, 0.2) is 0 Å². The smallest absolute Gasteiger partial charge is 0.293 e. The molecule has 0 spiro atoms. The Morgan fingerprint density at radius 2 is 1.92 bits per heavy atom. The van der Waals surface area contributed by atoms with Crippen LogP contribution in [0.15, 0.2) is 53.4 Å². The minimum atomic E-state index is -0.355. The number of rotatable bonds is 5. The van der Waals surface area contributed by atoms with Gasteiger partial charge in [-0.15, -0.1) is 0 Å². The van der Waals surface area contributed by atoms with Gasteiger partial charge in [0, 0.05) is 0 Å². The first-order valence-electron chi connectivity index (χ1n) is 7.79. The average molecular weight is 357 g/mol. The summed E-state index contributed by atoms with van der Waals surface area (Å²) in [5, 5.41) is -0.332. The Hall–Kier alpha value is -2.60. The van der Waals surface area contributed by atoms with Crippen LogP contribution in [-0.4, -0.2) is 22.7 Å². The summed E-state index contributed by atoms with van der Waals surface area (Å²) in [6.45, 7) is 2.58. The molecule has 1 heterocycles. The van der Waals surface area contributed by atoms with Crippen molar-refractivity contribution in [3.05, 3.63) is 70.4 Å². The normalized spacial score (nSPS) is 15.9. The Kier molecular flexibility index (Phi) is 5.19. The summed E-state index contributed by atoms with van der Waals surface area (Å²) in [6, 6.07) is 13.1. The monoisotopic (exact) mass is 357 g/mol. The Morgan fingerprint density at radius 3 is 2.64 bits per heavy atom. The molecule has 1 saturated heterocycles. The second kappa shape index (κ2) is 7.53. The van der Waals surface area contributed by atoms with Crippen molar-refractivity contribution >= 4 is 29.0 Å². The van der Waals surface area contributed by atoms with E-state index in [2.05, 4.69) is 0 Å². The van der Waals surface area contributed by atoms with E-state index in [0.29, 0.717) is 22.8 Å². The van der Waals surface area contributed by atoms with Crippen LogP contribution in [0.2, 0.25) is 0 Å². The Morgan fingerprint density at radius 1 is 1.16 bits per heavy atom. The van der Waals surface area contributed by atoms with Crippen LogP contribution < -0.4 is 4.74 Å². The fourth-order valence-electron chi connectivity index (χ4n) is 2.42. The molecule has 6 heteroatoms. The molecule has 0 atom stereocenters. The molecule has 3 rings (SSSR count). The molecule has 1 aliphatic heterocycles. The summed E-state index contributed by atoms with van der Waals surface area (Å²) in [5.74, 6) is 0.00916. The van der Waals surface area contributed by atoms with Crippen molar-refractivity contribution in [1.82, 2.24) is 4.90 Å². The Balaban J connectivity index is 1.78. The third-order valence-electron chi connectivity index (χ3n) is 3.59. The highest BCUT2D eigenvalue weighted by molar-refractivity contribution is 8.18. The van der Waals surface area contributed by atoms with Gasteiger partial charge in [-0.2, -0.15) is 0 Å². The maximum atomic E-state index is 13.0. The molecule has 0 unspecified atom stereocenters. The summed E-state index contributed by atoms with van der Waals surface area (Å²) in [5.41, 5.74) is 1.49. The molecule has 0 aliphatic carbocycles. The van der Waals surface area contributed by atoms with Gasteiger partial charge in [0.05, 0.1) is 18.1 Å². The van der Waals surface area contributed by atoms with Gasteiger partial charge < -0.3 is 4.74 Å². The number of carbonyl (C=O) groups is 2. The Labute approximate surface area is 149 Å². The zero-order valence-corrected chi connectivity index (χ0v) is 14.4. The molecule has 1 aliphatic rings. The van der Waals surface area contributed by atoms with Crippen molar-refractivity contribution in [1.29, 1.82) is 0 Å². The number of ether oxygens (including phenoxy) is 1. The quantitative estimate of drug-likeness (QED) is 0.741. The SMILES string of the molecule is CCOc1cccc(/C=C2\SC(=O)N(Cc3ccc(F)cc3)C2=O)c1. The van der Waals surface area contributed by atoms with Crippen LogP contribution in [0.5, 0.6) is 5.75 Å². The molecule has 0 radical (unpaired) electrons. The first-order valence-corrected chi connectivity index (χ1v) is 8.61. The van der Waals surface area contributed by atoms with Crippen molar-refractivity contribution in [2.24, 2.45) is 0 Å². The lowest BCUT2D eigenvalue weighted by Crippen LogP contribution is -2.27. The van der Waals surface area contributed by atoms with E-state index in [1.807, 2.05) is 31.2 Å². The number of hydrogen-bond acceptors (Lipinski definition) is 4. The van der Waals surface area contributed by atoms with Crippen molar-refractivity contribution in [2.75, 3.05) is 6.61 Å². The van der Waals surface area contributed by atoms with Gasteiger partial charge in [0.1, 0.15) is 11.6 Å². The highest BCUT2D eigenvalue weighted by Gasteiger charge is 2.34. The number of imide groups is 1. The minimum absolute atomic E-state index is 0.126. The lowest BCUT2D eigenvalue weighted by atomic mass is 10.2. The van der Waals surface area contributed by atoms with E-state index < -0.39 is 0 Å². The van der Waals surface area contributed by atoms with Gasteiger partial charge in [-0.3, -0.25) is 14.5 Å². The van der Waals surface area contributed by atoms with E-state index in [0.717, 1.165) is 22.2 Å². The lowest BCUT2D eigenvalue weighted by molar-refractivity contribution is -0.123. The number of hydrogen-bond donors (Lipinski definition) is 0. The molecule has 0 bridgehead atoms. The molecule has 2 aromatic carbocycles. The van der Waals surface area contributed by atoms with Crippen molar-refractivity contribution in [2.45, 2.75) is 13.5 Å². The molecule has 4 nitrogen and oxygen atoms in total. The van der Waals surface area contributed by atoms with Crippen molar-refractivity contribution in [3.8, 4) is 5.75 Å². The van der Waals surface area contributed by atoms with E-state index in [4.69, 9.17) is 4.74 Å². The van der Waals surface area contributed by atoms with Crippen molar-refractivity contribution in [3.63, 3.8) is 0 Å². The van der Waals surface area contributed by atoms with Gasteiger partial charge in [0.25, 0.3) is 11.1 Å². The van der Waals surface area contributed by atoms with Crippen LogP contribution in [0, 0.1) is 5.82 Å². The minimum Gasteiger partial charge on any atom is -0.494 e. The molecule has 2 aromatic rings. The van der Waals surface area contributed by atoms with Crippen LogP contribution in [0.25, 0.3) is 6.08 Å². The lowest BCUT2D eigenvalue weighted by Gasteiger charge is -2.12. The van der Waals surface area contributed by atoms with Crippen LogP contribution in [-0.2, 0) is 11.3 Å². The van der Waals surface area contributed by atoms with E-state index in [-0.39, 0.29) is 23.5 Å². The molecular formula is C19H16FNO3S. The van der Waals surface area contributed by atoms with Gasteiger partial charge in [0.2, 0.25) is 0 Å². The fraction of sp³-hybridized carbons (Fsp3) is 0.158. The second-order valence-electron chi connectivity index (χ2n) is 5.40. The summed E-state index contributed by atoms with van der Waals surface area (Å²) < 4.78 is 18.4. The molecule has 0 aromatic heterocycles. The third-order valence-corrected chi connectivity index (χ3v) is 4.50. The molecule has 128 valence electrons. The second-order valence-corrected chi connectivity index (χ2v) is 6.39. The van der Waals surface area contributed by atoms with E-state index in [1.165, 1.54) is 12.1 Å². The first-order chi connectivity index (χ1) is 12.1. The average Bonchev–Trinajstić information content (AvgIpc) is 2.85. The molecule has 25 heavy (non-hydrogen) atoms. The number of carbonyl (C=O) groups excluding carboxylic acids is 2. The summed E-state index contributed by atoms with van der Waals surface area (Å²) in [4.78, 5) is 26.2. The topological polar surface area (TPSA) is 46.6 Å². The van der Waals surface area contributed by atoms with Gasteiger partial charge in [-0.05, 0) is 60.2 Å². The number of thioether (sulfide) groups is 1. The van der Waals surface area contributed by atoms with Crippen LogP contribution >= 0.6 is 11.8 Å². The third kappa shape index (κ3) is 4.09. The first kappa shape index (κ1) is 17.2. The van der Waals surface area contributed by atoms with Crippen LogP contribution in [0.3, 0.4) is 0 Å². The van der Waals surface area contributed by atoms with E-state index in [9.17, 15) is 14.0 Å². The summed E-state index contributed by atoms with van der Waals surface area (Å²) in [7, 11) is 0. The summed E-state index contributed by atoms with van der Waals surface area (Å²) >= 11 is 0.902. The molecule has 2 amide bonds. The van der Waals surface area contributed by atoms with Crippen molar-refractivity contribution < 1.29 is 18.7 Å². The van der Waals surface area contributed by atoms with E-state index >= 15 is 0 Å². The highest BCUT2D eigenvalue weighted by Crippen LogP contribution is 2.33. The molecule has 0 N–H and O–H groups in total. The van der Waals surface area contributed by atoms with Crippen LogP contribution in [0.4, 0.5) is 9.18 Å². The standard InChI is InChI=1S/C19H16FNO3S/c1-2-24-16-5-3-4-14(10-16)11-17-18(22)21(19(23)25-17)12-13-6-8-15(20)9-7-13/h3-11H,2,12H2,1H3/b17-11-. The molecular weight excluding hydrogens is 341 g/mol. The number of benzene rings is 2. The van der Waals surface area contributed by atoms with Crippen LogP contribution in [0.1, 0.15) is 18.1 Å². The number of amides is 2.